The van der Waals surface area contributed by atoms with Crippen LogP contribution in [0.3, 0.4) is 0 Å². The average molecular weight is 272 g/mol. The Labute approximate surface area is 118 Å². The molecule has 1 aliphatic heterocycles. The largest absolute Gasteiger partial charge is 0.352 e. The standard InChI is InChI=1S/C15H20N4O/c1-11-8-16-6-5-12(11)9-17-15(20)13-10-18-19-7-3-2-4-14(13)19/h2-4,7,10-12,16H,5-6,8-9H2,1H3,(H,17,20). The van der Waals surface area contributed by atoms with Crippen LogP contribution in [0, 0.1) is 11.8 Å². The van der Waals surface area contributed by atoms with E-state index in [1.807, 2.05) is 24.4 Å². The van der Waals surface area contributed by atoms with Gasteiger partial charge in [-0.3, -0.25) is 4.79 Å². The van der Waals surface area contributed by atoms with Crippen LogP contribution in [0.15, 0.2) is 30.6 Å². The summed E-state index contributed by atoms with van der Waals surface area (Å²) in [6.45, 7) is 5.06. The van der Waals surface area contributed by atoms with E-state index < -0.39 is 0 Å². The van der Waals surface area contributed by atoms with Crippen LogP contribution in [0.4, 0.5) is 0 Å². The van der Waals surface area contributed by atoms with Gasteiger partial charge in [-0.15, -0.1) is 0 Å². The SMILES string of the molecule is CC1CNCCC1CNC(=O)c1cnn2ccccc12. The van der Waals surface area contributed by atoms with E-state index in [1.54, 1.807) is 10.7 Å². The van der Waals surface area contributed by atoms with Gasteiger partial charge in [0.1, 0.15) is 0 Å². The fourth-order valence-electron chi connectivity index (χ4n) is 2.80. The lowest BCUT2D eigenvalue weighted by molar-refractivity contribution is 0.0939. The fraction of sp³-hybridized carbons (Fsp3) is 0.467. The zero-order valence-corrected chi connectivity index (χ0v) is 11.7. The summed E-state index contributed by atoms with van der Waals surface area (Å²) in [4.78, 5) is 12.3. The van der Waals surface area contributed by atoms with E-state index in [1.165, 1.54) is 0 Å². The number of carbonyl (C=O) groups is 1. The monoisotopic (exact) mass is 272 g/mol. The summed E-state index contributed by atoms with van der Waals surface area (Å²) in [5.74, 6) is 1.13. The molecule has 2 unspecified atom stereocenters. The lowest BCUT2D eigenvalue weighted by Gasteiger charge is -2.29. The van der Waals surface area contributed by atoms with Crippen molar-refractivity contribution in [1.29, 1.82) is 0 Å². The molecule has 0 bridgehead atoms. The van der Waals surface area contributed by atoms with Crippen LogP contribution < -0.4 is 10.6 Å². The van der Waals surface area contributed by atoms with Crippen molar-refractivity contribution in [2.45, 2.75) is 13.3 Å². The van der Waals surface area contributed by atoms with E-state index in [0.29, 0.717) is 17.4 Å². The summed E-state index contributed by atoms with van der Waals surface area (Å²) < 4.78 is 1.72. The van der Waals surface area contributed by atoms with Gasteiger partial charge in [-0.25, -0.2) is 4.52 Å². The van der Waals surface area contributed by atoms with E-state index in [-0.39, 0.29) is 5.91 Å². The number of carbonyl (C=O) groups excluding carboxylic acids is 1. The highest BCUT2D eigenvalue weighted by atomic mass is 16.1. The summed E-state index contributed by atoms with van der Waals surface area (Å²) >= 11 is 0. The summed E-state index contributed by atoms with van der Waals surface area (Å²) in [5.41, 5.74) is 1.50. The van der Waals surface area contributed by atoms with Crippen LogP contribution in [-0.4, -0.2) is 35.2 Å². The molecule has 1 saturated heterocycles. The first-order valence-corrected chi connectivity index (χ1v) is 7.17. The third kappa shape index (κ3) is 2.54. The molecule has 20 heavy (non-hydrogen) atoms. The minimum atomic E-state index is -0.0306. The van der Waals surface area contributed by atoms with Gasteiger partial charge in [0.05, 0.1) is 17.3 Å². The van der Waals surface area contributed by atoms with Crippen molar-refractivity contribution in [3.8, 4) is 0 Å². The Kier molecular flexibility index (Phi) is 3.69. The molecule has 106 valence electrons. The molecule has 3 heterocycles. The molecule has 0 spiro atoms. The highest BCUT2D eigenvalue weighted by Crippen LogP contribution is 2.18. The van der Waals surface area contributed by atoms with E-state index in [9.17, 15) is 4.79 Å². The summed E-state index contributed by atoms with van der Waals surface area (Å²) in [6.07, 6.45) is 4.60. The van der Waals surface area contributed by atoms with Crippen LogP contribution in [-0.2, 0) is 0 Å². The normalized spacial score (nSPS) is 22.9. The first kappa shape index (κ1) is 13.1. The number of amides is 1. The number of pyridine rings is 1. The molecular weight excluding hydrogens is 252 g/mol. The molecule has 0 aliphatic carbocycles. The van der Waals surface area contributed by atoms with Gasteiger partial charge in [-0.2, -0.15) is 5.10 Å². The molecule has 3 rings (SSSR count). The molecule has 2 aromatic heterocycles. The zero-order valence-electron chi connectivity index (χ0n) is 11.7. The second kappa shape index (κ2) is 5.63. The molecule has 0 aromatic carbocycles. The van der Waals surface area contributed by atoms with Gasteiger partial charge in [-0.1, -0.05) is 13.0 Å². The van der Waals surface area contributed by atoms with Crippen molar-refractivity contribution in [1.82, 2.24) is 20.2 Å². The van der Waals surface area contributed by atoms with Crippen LogP contribution in [0.5, 0.6) is 0 Å². The van der Waals surface area contributed by atoms with Gasteiger partial charge < -0.3 is 10.6 Å². The Hall–Kier alpha value is -1.88. The van der Waals surface area contributed by atoms with Gasteiger partial charge in [0.25, 0.3) is 5.91 Å². The van der Waals surface area contributed by atoms with Crippen molar-refractivity contribution in [3.63, 3.8) is 0 Å². The van der Waals surface area contributed by atoms with Gasteiger partial charge in [0.2, 0.25) is 0 Å². The van der Waals surface area contributed by atoms with E-state index in [2.05, 4.69) is 22.7 Å². The number of fused-ring (bicyclic) bond motifs is 1. The van der Waals surface area contributed by atoms with Crippen LogP contribution in [0.1, 0.15) is 23.7 Å². The third-order valence-corrected chi connectivity index (χ3v) is 4.16. The smallest absolute Gasteiger partial charge is 0.255 e. The summed E-state index contributed by atoms with van der Waals surface area (Å²) in [7, 11) is 0. The molecule has 5 nitrogen and oxygen atoms in total. The number of hydrogen-bond donors (Lipinski definition) is 2. The van der Waals surface area contributed by atoms with Crippen molar-refractivity contribution in [2.75, 3.05) is 19.6 Å². The first-order valence-electron chi connectivity index (χ1n) is 7.17. The molecule has 2 atom stereocenters. The molecule has 1 fully saturated rings. The van der Waals surface area contributed by atoms with Gasteiger partial charge in [0.15, 0.2) is 0 Å². The lowest BCUT2D eigenvalue weighted by Crippen LogP contribution is -2.41. The summed E-state index contributed by atoms with van der Waals surface area (Å²) in [6, 6.07) is 5.73. The first-order chi connectivity index (χ1) is 9.75. The number of aromatic nitrogens is 2. The number of piperidine rings is 1. The predicted octanol–water partition coefficient (Wildman–Crippen LogP) is 1.31. The maximum absolute atomic E-state index is 12.3. The van der Waals surface area contributed by atoms with Crippen LogP contribution in [0.25, 0.3) is 5.52 Å². The Balaban J connectivity index is 1.67. The quantitative estimate of drug-likeness (QED) is 0.885. The molecule has 2 aromatic rings. The van der Waals surface area contributed by atoms with Crippen molar-refractivity contribution in [3.05, 3.63) is 36.2 Å². The molecule has 0 saturated carbocycles. The topological polar surface area (TPSA) is 58.4 Å². The van der Waals surface area contributed by atoms with Gasteiger partial charge in [0, 0.05) is 12.7 Å². The van der Waals surface area contributed by atoms with Crippen LogP contribution in [0.2, 0.25) is 0 Å². The van der Waals surface area contributed by atoms with Crippen molar-refractivity contribution in [2.24, 2.45) is 11.8 Å². The maximum atomic E-state index is 12.3. The number of nitrogens with zero attached hydrogens (tertiary/aromatic N) is 2. The minimum absolute atomic E-state index is 0.0306. The Morgan fingerprint density at radius 2 is 2.45 bits per heavy atom. The summed E-state index contributed by atoms with van der Waals surface area (Å²) in [5, 5.41) is 10.6. The average Bonchev–Trinajstić information content (AvgIpc) is 2.90. The van der Waals surface area contributed by atoms with Gasteiger partial charge >= 0.3 is 0 Å². The molecule has 2 N–H and O–H groups in total. The third-order valence-electron chi connectivity index (χ3n) is 4.16. The zero-order chi connectivity index (χ0) is 13.9. The Bertz CT molecular complexity index is 607. The van der Waals surface area contributed by atoms with E-state index >= 15 is 0 Å². The molecular formula is C15H20N4O. The molecule has 1 aliphatic rings. The van der Waals surface area contributed by atoms with Crippen molar-refractivity contribution < 1.29 is 4.79 Å². The highest BCUT2D eigenvalue weighted by Gasteiger charge is 2.22. The molecule has 5 heteroatoms. The van der Waals surface area contributed by atoms with Crippen LogP contribution >= 0.6 is 0 Å². The number of nitrogens with one attached hydrogen (secondary N) is 2. The maximum Gasteiger partial charge on any atom is 0.255 e. The Morgan fingerprint density at radius 1 is 1.55 bits per heavy atom. The van der Waals surface area contributed by atoms with E-state index in [0.717, 1.165) is 31.6 Å². The Morgan fingerprint density at radius 3 is 3.30 bits per heavy atom. The predicted molar refractivity (Wildman–Crippen MR) is 77.7 cm³/mol. The minimum Gasteiger partial charge on any atom is -0.352 e. The second-order valence-corrected chi connectivity index (χ2v) is 5.53. The molecule has 0 radical (unpaired) electrons. The lowest BCUT2D eigenvalue weighted by atomic mass is 9.88. The second-order valence-electron chi connectivity index (χ2n) is 5.53. The number of hydrogen-bond acceptors (Lipinski definition) is 3. The highest BCUT2D eigenvalue weighted by molar-refractivity contribution is 6.00. The van der Waals surface area contributed by atoms with E-state index in [4.69, 9.17) is 0 Å². The van der Waals surface area contributed by atoms with Crippen molar-refractivity contribution >= 4 is 11.4 Å². The molecule has 1 amide bonds. The fourth-order valence-corrected chi connectivity index (χ4v) is 2.80. The number of rotatable bonds is 3. The van der Waals surface area contributed by atoms with Gasteiger partial charge in [-0.05, 0) is 43.5 Å².